The van der Waals surface area contributed by atoms with E-state index >= 15 is 0 Å². The summed E-state index contributed by atoms with van der Waals surface area (Å²) in [6, 6.07) is 6.52. The molecule has 33 heavy (non-hydrogen) atoms. The lowest BCUT2D eigenvalue weighted by Crippen LogP contribution is -2.39. The van der Waals surface area contributed by atoms with Gasteiger partial charge in [-0.25, -0.2) is 0 Å². The summed E-state index contributed by atoms with van der Waals surface area (Å²) >= 11 is 5.86. The number of carboxylic acid groups (broad SMARTS) is 1. The lowest BCUT2D eigenvalue weighted by atomic mass is 9.90. The zero-order valence-corrected chi connectivity index (χ0v) is 19.2. The first kappa shape index (κ1) is 25.0. The van der Waals surface area contributed by atoms with E-state index in [1.165, 1.54) is 27.4 Å². The number of carboxylic acids is 1. The molecule has 1 aliphatic heterocycles. The molecule has 0 spiro atoms. The van der Waals surface area contributed by atoms with Gasteiger partial charge in [-0.15, -0.1) is 0 Å². The number of alkyl halides is 3. The van der Waals surface area contributed by atoms with Gasteiger partial charge in [0.05, 0.1) is 43.9 Å². The molecule has 0 aliphatic carbocycles. The van der Waals surface area contributed by atoms with E-state index in [-0.39, 0.29) is 0 Å². The number of benzene rings is 2. The van der Waals surface area contributed by atoms with Crippen LogP contribution < -0.4 is 14.2 Å². The number of hydrogen-bond acceptors (Lipinski definition) is 5. The van der Waals surface area contributed by atoms with Crippen molar-refractivity contribution in [3.05, 3.63) is 52.0 Å². The minimum atomic E-state index is -4.63. The Morgan fingerprint density at radius 3 is 2.21 bits per heavy atom. The van der Waals surface area contributed by atoms with Gasteiger partial charge in [0.1, 0.15) is 0 Å². The van der Waals surface area contributed by atoms with Gasteiger partial charge in [0.2, 0.25) is 5.75 Å². The molecule has 0 saturated carbocycles. The number of carbonyl (C=O) groups is 1. The molecule has 1 saturated heterocycles. The van der Waals surface area contributed by atoms with Crippen LogP contribution in [0.1, 0.15) is 35.6 Å². The first-order valence-electron chi connectivity index (χ1n) is 10.2. The summed E-state index contributed by atoms with van der Waals surface area (Å²) in [5.74, 6) is -0.321. The topological polar surface area (TPSA) is 68.2 Å². The number of likely N-dealkylation sites (tertiary alicyclic amines) is 1. The molecule has 3 rings (SSSR count). The SMILES string of the molecule is COc1ccc(C(c2ccc(Cl)c(C(F)(F)F)c2)N2CCC(C(=O)O)CC2)c(OC)c1OC. The molecule has 0 amide bonds. The second kappa shape index (κ2) is 10.1. The van der Waals surface area contributed by atoms with E-state index < -0.39 is 34.7 Å². The van der Waals surface area contributed by atoms with Crippen molar-refractivity contribution in [3.8, 4) is 17.2 Å². The second-order valence-corrected chi connectivity index (χ2v) is 8.12. The minimum absolute atomic E-state index is 0.313. The zero-order chi connectivity index (χ0) is 24.3. The predicted molar refractivity (Wildman–Crippen MR) is 116 cm³/mol. The average molecular weight is 488 g/mol. The van der Waals surface area contributed by atoms with Crippen molar-refractivity contribution in [1.82, 2.24) is 4.90 Å². The third-order valence-corrected chi connectivity index (χ3v) is 6.21. The van der Waals surface area contributed by atoms with Gasteiger partial charge in [-0.2, -0.15) is 13.2 Å². The van der Waals surface area contributed by atoms with Crippen LogP contribution in [0.25, 0.3) is 0 Å². The first-order valence-corrected chi connectivity index (χ1v) is 10.6. The van der Waals surface area contributed by atoms with Gasteiger partial charge in [-0.3, -0.25) is 9.69 Å². The van der Waals surface area contributed by atoms with Crippen LogP contribution in [0, 0.1) is 5.92 Å². The molecule has 1 N–H and O–H groups in total. The fourth-order valence-corrected chi connectivity index (χ4v) is 4.49. The normalized spacial score (nSPS) is 16.3. The van der Waals surface area contributed by atoms with E-state index in [1.807, 2.05) is 4.90 Å². The van der Waals surface area contributed by atoms with Crippen LogP contribution in [0.4, 0.5) is 13.2 Å². The Balaban J connectivity index is 2.17. The third-order valence-electron chi connectivity index (χ3n) is 5.88. The molecule has 1 fully saturated rings. The van der Waals surface area contributed by atoms with Crippen LogP contribution in [-0.4, -0.2) is 50.4 Å². The standard InChI is InChI=1S/C23H25ClF3NO5/c1-31-18-7-5-15(20(32-2)21(18)33-3)19(28-10-8-13(9-11-28)22(29)30)14-4-6-17(24)16(12-14)23(25,26)27/h4-7,12-13,19H,8-11H2,1-3H3,(H,29,30). The van der Waals surface area contributed by atoms with Crippen LogP contribution in [0.2, 0.25) is 5.02 Å². The van der Waals surface area contributed by atoms with Crippen molar-refractivity contribution >= 4 is 17.6 Å². The molecular weight excluding hydrogens is 463 g/mol. The lowest BCUT2D eigenvalue weighted by Gasteiger charge is -2.38. The number of nitrogens with zero attached hydrogens (tertiary/aromatic N) is 1. The number of halogens is 4. The summed E-state index contributed by atoms with van der Waals surface area (Å²) in [5.41, 5.74) is -0.0167. The summed E-state index contributed by atoms with van der Waals surface area (Å²) < 4.78 is 57.3. The first-order chi connectivity index (χ1) is 15.6. The summed E-state index contributed by atoms with van der Waals surface area (Å²) in [4.78, 5) is 13.4. The van der Waals surface area contributed by atoms with Crippen molar-refractivity contribution in [2.45, 2.75) is 25.1 Å². The highest BCUT2D eigenvalue weighted by Gasteiger charge is 2.37. The monoisotopic (exact) mass is 487 g/mol. The summed E-state index contributed by atoms with van der Waals surface area (Å²) in [6.07, 6.45) is -3.88. The van der Waals surface area contributed by atoms with E-state index in [1.54, 1.807) is 18.2 Å². The Hall–Kier alpha value is -2.65. The van der Waals surface area contributed by atoms with Crippen LogP contribution in [0.3, 0.4) is 0 Å². The van der Waals surface area contributed by atoms with Crippen LogP contribution in [0.15, 0.2) is 30.3 Å². The minimum Gasteiger partial charge on any atom is -0.493 e. The molecule has 2 aromatic rings. The Kier molecular flexibility index (Phi) is 7.64. The zero-order valence-electron chi connectivity index (χ0n) is 18.4. The van der Waals surface area contributed by atoms with Crippen molar-refractivity contribution < 1.29 is 37.3 Å². The Bertz CT molecular complexity index is 1010. The average Bonchev–Trinajstić information content (AvgIpc) is 2.79. The van der Waals surface area contributed by atoms with Crippen molar-refractivity contribution in [1.29, 1.82) is 0 Å². The number of rotatable bonds is 7. The number of hydrogen-bond donors (Lipinski definition) is 1. The fourth-order valence-electron chi connectivity index (χ4n) is 4.26. The highest BCUT2D eigenvalue weighted by Crippen LogP contribution is 2.47. The predicted octanol–water partition coefficient (Wildman–Crippen LogP) is 5.27. The number of piperidine rings is 1. The van der Waals surface area contributed by atoms with Crippen molar-refractivity contribution in [3.63, 3.8) is 0 Å². The molecule has 1 atom stereocenters. The summed E-state index contributed by atoms with van der Waals surface area (Å²) in [5, 5.41) is 8.96. The van der Waals surface area contributed by atoms with Gasteiger partial charge in [0, 0.05) is 5.56 Å². The van der Waals surface area contributed by atoms with Gasteiger partial charge < -0.3 is 19.3 Å². The summed E-state index contributed by atoms with van der Waals surface area (Å²) in [6.45, 7) is 0.756. The molecule has 0 bridgehead atoms. The quantitative estimate of drug-likeness (QED) is 0.574. The molecular formula is C23H25ClF3NO5. The van der Waals surface area contributed by atoms with Crippen molar-refractivity contribution in [2.75, 3.05) is 34.4 Å². The molecule has 1 aliphatic rings. The van der Waals surface area contributed by atoms with E-state index in [0.29, 0.717) is 54.3 Å². The van der Waals surface area contributed by atoms with Gasteiger partial charge >= 0.3 is 12.1 Å². The highest BCUT2D eigenvalue weighted by atomic mass is 35.5. The number of methoxy groups -OCH3 is 3. The fraction of sp³-hybridized carbons (Fsp3) is 0.435. The highest BCUT2D eigenvalue weighted by molar-refractivity contribution is 6.31. The van der Waals surface area contributed by atoms with Crippen LogP contribution >= 0.6 is 11.6 Å². The Labute approximate surface area is 194 Å². The third kappa shape index (κ3) is 5.14. The maximum atomic E-state index is 13.6. The molecule has 0 radical (unpaired) electrons. The Morgan fingerprint density at radius 2 is 1.70 bits per heavy atom. The van der Waals surface area contributed by atoms with Crippen LogP contribution in [0.5, 0.6) is 17.2 Å². The molecule has 0 aromatic heterocycles. The van der Waals surface area contributed by atoms with Gasteiger partial charge in [-0.05, 0) is 55.8 Å². The smallest absolute Gasteiger partial charge is 0.417 e. The maximum Gasteiger partial charge on any atom is 0.417 e. The van der Waals surface area contributed by atoms with Gasteiger partial charge in [0.25, 0.3) is 0 Å². The molecule has 10 heteroatoms. The molecule has 1 heterocycles. The van der Waals surface area contributed by atoms with Gasteiger partial charge in [0.15, 0.2) is 11.5 Å². The Morgan fingerprint density at radius 1 is 1.06 bits per heavy atom. The van der Waals surface area contributed by atoms with Gasteiger partial charge in [-0.1, -0.05) is 17.7 Å². The molecule has 2 aromatic carbocycles. The van der Waals surface area contributed by atoms with Crippen LogP contribution in [-0.2, 0) is 11.0 Å². The maximum absolute atomic E-state index is 13.6. The number of aliphatic carboxylic acids is 1. The molecule has 180 valence electrons. The van der Waals surface area contributed by atoms with E-state index in [4.69, 9.17) is 25.8 Å². The van der Waals surface area contributed by atoms with Crippen molar-refractivity contribution in [2.24, 2.45) is 5.92 Å². The second-order valence-electron chi connectivity index (χ2n) is 7.71. The van der Waals surface area contributed by atoms with E-state index in [0.717, 1.165) is 6.07 Å². The van der Waals surface area contributed by atoms with E-state index in [2.05, 4.69) is 0 Å². The summed E-state index contributed by atoms with van der Waals surface area (Å²) in [7, 11) is 4.36. The van der Waals surface area contributed by atoms with E-state index in [9.17, 15) is 23.1 Å². The largest absolute Gasteiger partial charge is 0.493 e. The molecule has 1 unspecified atom stereocenters. The number of ether oxygens (including phenoxy) is 3. The lowest BCUT2D eigenvalue weighted by molar-refractivity contribution is -0.143. The molecule has 6 nitrogen and oxygen atoms in total.